The summed E-state index contributed by atoms with van der Waals surface area (Å²) in [5, 5.41) is 0. The van der Waals surface area contributed by atoms with Gasteiger partial charge < -0.3 is 0 Å². The number of alkyl halides is 6. The minimum atomic E-state index is -4.95. The van der Waals surface area contributed by atoms with E-state index < -0.39 is 23.5 Å². The van der Waals surface area contributed by atoms with Crippen LogP contribution in [0.4, 0.5) is 37.7 Å². The molecule has 0 aliphatic carbocycles. The van der Waals surface area contributed by atoms with Crippen molar-refractivity contribution in [2.75, 3.05) is 9.80 Å². The first-order valence-corrected chi connectivity index (χ1v) is 12.9. The van der Waals surface area contributed by atoms with Crippen LogP contribution in [0.2, 0.25) is 0 Å². The summed E-state index contributed by atoms with van der Waals surface area (Å²) in [6.07, 6.45) is -8.52. The Morgan fingerprint density at radius 1 is 0.571 bits per heavy atom. The number of anilines is 2. The van der Waals surface area contributed by atoms with Crippen molar-refractivity contribution < 1.29 is 35.9 Å². The van der Waals surface area contributed by atoms with Crippen molar-refractivity contribution in [1.82, 2.24) is 4.98 Å². The number of nitrogens with zero attached hydrogens (tertiary/aromatic N) is 3. The number of aromatic nitrogens is 1. The second-order valence-corrected chi connectivity index (χ2v) is 10.3. The number of rotatable bonds is 5. The van der Waals surface area contributed by atoms with Crippen LogP contribution in [0.1, 0.15) is 25.0 Å². The third-order valence-electron chi connectivity index (χ3n) is 7.49. The SMILES string of the molecule is CC1C(=O)N1c1cc(-c2ccc(-c3ccc(-c4cc(C(F)(F)F)cc(C(F)(F)F)c4)nc3)cc2)cc(N2C(=O)C2C)c1. The molecule has 5 nitrogen and oxygen atoms in total. The molecule has 11 heteroatoms. The van der Waals surface area contributed by atoms with Gasteiger partial charge in [-0.2, -0.15) is 26.3 Å². The van der Waals surface area contributed by atoms with E-state index in [4.69, 9.17) is 0 Å². The number of amides is 2. The van der Waals surface area contributed by atoms with Crippen LogP contribution in [-0.4, -0.2) is 28.9 Å². The summed E-state index contributed by atoms with van der Waals surface area (Å²) in [5.41, 5.74) is 1.19. The fourth-order valence-electron chi connectivity index (χ4n) is 4.98. The Morgan fingerprint density at radius 2 is 1.00 bits per heavy atom. The van der Waals surface area contributed by atoms with E-state index in [1.807, 2.05) is 30.3 Å². The normalized spacial score (nSPS) is 18.5. The Balaban J connectivity index is 1.29. The molecule has 2 aliphatic heterocycles. The average Bonchev–Trinajstić information content (AvgIpc) is 3.78. The highest BCUT2D eigenvalue weighted by Crippen LogP contribution is 2.41. The third-order valence-corrected chi connectivity index (χ3v) is 7.49. The van der Waals surface area contributed by atoms with Gasteiger partial charge in [0.2, 0.25) is 0 Å². The maximum absolute atomic E-state index is 13.3. The minimum absolute atomic E-state index is 0.00525. The van der Waals surface area contributed by atoms with E-state index in [1.54, 1.807) is 41.8 Å². The molecule has 2 amide bonds. The van der Waals surface area contributed by atoms with Crippen LogP contribution < -0.4 is 9.80 Å². The first-order valence-electron chi connectivity index (χ1n) is 12.9. The Morgan fingerprint density at radius 3 is 1.38 bits per heavy atom. The van der Waals surface area contributed by atoms with Crippen molar-refractivity contribution in [3.63, 3.8) is 0 Å². The lowest BCUT2D eigenvalue weighted by molar-refractivity contribution is -0.143. The van der Waals surface area contributed by atoms with Crippen molar-refractivity contribution in [3.05, 3.63) is 90.1 Å². The van der Waals surface area contributed by atoms with E-state index in [-0.39, 0.29) is 41.2 Å². The molecule has 1 aromatic heterocycles. The van der Waals surface area contributed by atoms with E-state index in [1.165, 1.54) is 12.3 Å². The summed E-state index contributed by atoms with van der Waals surface area (Å²) in [6, 6.07) is 16.7. The number of hydrogen-bond donors (Lipinski definition) is 0. The lowest BCUT2D eigenvalue weighted by Gasteiger charge is -2.14. The van der Waals surface area contributed by atoms with Gasteiger partial charge in [0.15, 0.2) is 0 Å². The van der Waals surface area contributed by atoms with Crippen molar-refractivity contribution in [2.45, 2.75) is 38.3 Å². The van der Waals surface area contributed by atoms with Crippen LogP contribution >= 0.6 is 0 Å². The molecule has 2 unspecified atom stereocenters. The van der Waals surface area contributed by atoms with Gasteiger partial charge in [-0.3, -0.25) is 24.4 Å². The molecule has 2 aliphatic rings. The number of pyridine rings is 1. The number of carbonyl (C=O) groups excluding carboxylic acids is 2. The predicted octanol–water partition coefficient (Wildman–Crippen LogP) is 7.59. The van der Waals surface area contributed by atoms with E-state index >= 15 is 0 Å². The average molecular weight is 582 g/mol. The molecular weight excluding hydrogens is 560 g/mol. The van der Waals surface area contributed by atoms with Crippen molar-refractivity contribution in [3.8, 4) is 33.5 Å². The smallest absolute Gasteiger partial charge is 0.298 e. The van der Waals surface area contributed by atoms with Gasteiger partial charge in [0, 0.05) is 28.7 Å². The van der Waals surface area contributed by atoms with Crippen LogP contribution in [-0.2, 0) is 21.9 Å². The topological polar surface area (TPSA) is 53.0 Å². The van der Waals surface area contributed by atoms with E-state index in [0.717, 1.165) is 16.7 Å². The predicted molar refractivity (Wildman–Crippen MR) is 144 cm³/mol. The summed E-state index contributed by atoms with van der Waals surface area (Å²) in [7, 11) is 0. The molecule has 3 aromatic carbocycles. The summed E-state index contributed by atoms with van der Waals surface area (Å²) < 4.78 is 79.6. The number of hydrogen-bond acceptors (Lipinski definition) is 3. The van der Waals surface area contributed by atoms with Crippen LogP contribution in [0.3, 0.4) is 0 Å². The molecule has 0 saturated carbocycles. The van der Waals surface area contributed by atoms with Gasteiger partial charge in [-0.1, -0.05) is 30.3 Å². The molecule has 6 rings (SSSR count). The molecule has 2 saturated heterocycles. The van der Waals surface area contributed by atoms with E-state index in [0.29, 0.717) is 29.1 Å². The highest BCUT2D eigenvalue weighted by molar-refractivity contribution is 6.18. The maximum Gasteiger partial charge on any atom is 0.416 e. The van der Waals surface area contributed by atoms with Crippen LogP contribution in [0, 0.1) is 0 Å². The summed E-state index contributed by atoms with van der Waals surface area (Å²) in [5.74, 6) is -0.0105. The summed E-state index contributed by atoms with van der Waals surface area (Å²) in [4.78, 5) is 31.6. The van der Waals surface area contributed by atoms with Gasteiger partial charge >= 0.3 is 12.4 Å². The van der Waals surface area contributed by atoms with E-state index in [2.05, 4.69) is 4.98 Å². The molecule has 0 bridgehead atoms. The lowest BCUT2D eigenvalue weighted by Crippen LogP contribution is -2.11. The fraction of sp³-hybridized carbons (Fsp3) is 0.194. The first-order chi connectivity index (χ1) is 19.7. The van der Waals surface area contributed by atoms with Gasteiger partial charge in [-0.05, 0) is 73.0 Å². The van der Waals surface area contributed by atoms with Crippen molar-refractivity contribution >= 4 is 23.2 Å². The third kappa shape index (κ3) is 4.99. The summed E-state index contributed by atoms with van der Waals surface area (Å²) >= 11 is 0. The zero-order valence-electron chi connectivity index (χ0n) is 22.1. The summed E-state index contributed by atoms with van der Waals surface area (Å²) in [6.45, 7) is 3.60. The molecule has 2 fully saturated rings. The van der Waals surface area contributed by atoms with E-state index in [9.17, 15) is 35.9 Å². The highest BCUT2D eigenvalue weighted by Gasteiger charge is 2.46. The molecule has 214 valence electrons. The minimum Gasteiger partial charge on any atom is -0.298 e. The Hall–Kier alpha value is -4.67. The van der Waals surface area contributed by atoms with Gasteiger partial charge in [0.05, 0.1) is 16.8 Å². The second-order valence-electron chi connectivity index (χ2n) is 10.3. The molecule has 3 heterocycles. The molecule has 42 heavy (non-hydrogen) atoms. The monoisotopic (exact) mass is 581 g/mol. The quantitative estimate of drug-likeness (QED) is 0.180. The lowest BCUT2D eigenvalue weighted by atomic mass is 9.99. The van der Waals surface area contributed by atoms with Gasteiger partial charge in [-0.25, -0.2) is 0 Å². The largest absolute Gasteiger partial charge is 0.416 e. The van der Waals surface area contributed by atoms with Crippen LogP contribution in [0.15, 0.2) is 79.0 Å². The van der Waals surface area contributed by atoms with Crippen molar-refractivity contribution in [1.29, 1.82) is 0 Å². The maximum atomic E-state index is 13.3. The Kier molecular flexibility index (Phi) is 6.18. The molecule has 0 N–H and O–H groups in total. The van der Waals surface area contributed by atoms with Crippen molar-refractivity contribution in [2.24, 2.45) is 0 Å². The highest BCUT2D eigenvalue weighted by atomic mass is 19.4. The second kappa shape index (κ2) is 9.43. The van der Waals surface area contributed by atoms with Gasteiger partial charge in [0.25, 0.3) is 11.8 Å². The number of carbonyl (C=O) groups is 2. The molecule has 2 atom stereocenters. The molecule has 4 aromatic rings. The van der Waals surface area contributed by atoms with Gasteiger partial charge in [-0.15, -0.1) is 0 Å². The molecule has 0 spiro atoms. The number of halogens is 6. The fourth-order valence-corrected chi connectivity index (χ4v) is 4.98. The van der Waals surface area contributed by atoms with Crippen LogP contribution in [0.5, 0.6) is 0 Å². The Bertz CT molecular complexity index is 1650. The first kappa shape index (κ1) is 27.5. The molecular formula is C31H21F6N3O2. The van der Waals surface area contributed by atoms with Crippen LogP contribution in [0.25, 0.3) is 33.5 Å². The zero-order valence-corrected chi connectivity index (χ0v) is 22.1. The zero-order chi connectivity index (χ0) is 30.1. The van der Waals surface area contributed by atoms with Gasteiger partial charge in [0.1, 0.15) is 12.1 Å². The Labute approximate surface area is 236 Å². The number of benzene rings is 3. The standard InChI is InChI=1S/C31H21F6N3O2/c1-16-28(41)39(16)25-11-21(12-26(14-25)40-17(2)29(40)42)19-5-3-18(4-6-19)20-7-8-27(38-15-20)22-9-23(30(32,33)34)13-24(10-22)31(35,36)37/h3-17H,1-2H3. The molecule has 0 radical (unpaired) electrons.